The summed E-state index contributed by atoms with van der Waals surface area (Å²) in [6.45, 7) is 1.28. The maximum Gasteiger partial charge on any atom is 0.342 e. The first kappa shape index (κ1) is 14.4. The molecular weight excluding hydrogens is 259 g/mol. The van der Waals surface area contributed by atoms with Gasteiger partial charge < -0.3 is 4.74 Å². The molecule has 20 heavy (non-hydrogen) atoms. The van der Waals surface area contributed by atoms with Crippen LogP contribution in [-0.2, 0) is 14.3 Å². The van der Waals surface area contributed by atoms with Crippen molar-refractivity contribution in [2.24, 2.45) is 0 Å². The third kappa shape index (κ3) is 3.53. The summed E-state index contributed by atoms with van der Waals surface area (Å²) in [5.41, 5.74) is 0.100. The van der Waals surface area contributed by atoms with Gasteiger partial charge in [0.1, 0.15) is 17.5 Å². The fourth-order valence-electron chi connectivity index (χ4n) is 2.27. The minimum absolute atomic E-state index is 0.109. The Balaban J connectivity index is 2.20. The van der Waals surface area contributed by atoms with Crippen LogP contribution in [0.1, 0.15) is 38.2 Å². The molecule has 1 aliphatic carbocycles. The molecule has 0 unspecified atom stereocenters. The minimum Gasteiger partial charge on any atom is -0.459 e. The van der Waals surface area contributed by atoms with Crippen LogP contribution in [0, 0.1) is 5.82 Å². The average Bonchev–Trinajstić information content (AvgIpc) is 2.90. The number of ketones is 1. The normalized spacial score (nSPS) is 16.2. The first-order chi connectivity index (χ1) is 9.58. The third-order valence-electron chi connectivity index (χ3n) is 3.38. The molecule has 0 aromatic heterocycles. The van der Waals surface area contributed by atoms with Crippen molar-refractivity contribution in [3.8, 4) is 0 Å². The number of hydrogen-bond donors (Lipinski definition) is 0. The highest BCUT2D eigenvalue weighted by Crippen LogP contribution is 2.22. The van der Waals surface area contributed by atoms with Gasteiger partial charge in [-0.2, -0.15) is 0 Å². The van der Waals surface area contributed by atoms with Gasteiger partial charge in [-0.15, -0.1) is 0 Å². The molecule has 4 heteroatoms. The predicted octanol–water partition coefficient (Wildman–Crippen LogP) is 3.28. The van der Waals surface area contributed by atoms with E-state index in [1.165, 1.54) is 25.1 Å². The number of carbonyl (C=O) groups excluding carboxylic acids is 2. The second kappa shape index (κ2) is 6.46. The van der Waals surface area contributed by atoms with Crippen molar-refractivity contribution in [2.45, 2.75) is 38.7 Å². The average molecular weight is 276 g/mol. The zero-order valence-corrected chi connectivity index (χ0v) is 11.4. The number of benzene rings is 1. The Morgan fingerprint density at radius 3 is 2.50 bits per heavy atom. The van der Waals surface area contributed by atoms with E-state index < -0.39 is 17.6 Å². The van der Waals surface area contributed by atoms with Gasteiger partial charge >= 0.3 is 5.97 Å². The highest BCUT2D eigenvalue weighted by atomic mass is 19.1. The van der Waals surface area contributed by atoms with E-state index in [0.29, 0.717) is 0 Å². The summed E-state index contributed by atoms with van der Waals surface area (Å²) in [4.78, 5) is 23.6. The second-order valence-corrected chi connectivity index (χ2v) is 4.95. The molecule has 0 atom stereocenters. The van der Waals surface area contributed by atoms with Crippen LogP contribution < -0.4 is 0 Å². The van der Waals surface area contributed by atoms with Crippen molar-refractivity contribution < 1.29 is 18.7 Å². The summed E-state index contributed by atoms with van der Waals surface area (Å²) >= 11 is 0. The monoisotopic (exact) mass is 276 g/mol. The van der Waals surface area contributed by atoms with Crippen LogP contribution in [0.5, 0.6) is 0 Å². The highest BCUT2D eigenvalue weighted by Gasteiger charge is 2.23. The van der Waals surface area contributed by atoms with Gasteiger partial charge in [0.05, 0.1) is 0 Å². The van der Waals surface area contributed by atoms with Gasteiger partial charge in [-0.3, -0.25) is 4.79 Å². The van der Waals surface area contributed by atoms with Crippen molar-refractivity contribution in [3.05, 3.63) is 41.2 Å². The first-order valence-electron chi connectivity index (χ1n) is 6.76. The summed E-state index contributed by atoms with van der Waals surface area (Å²) in [6.07, 6.45) is 4.86. The van der Waals surface area contributed by atoms with Crippen molar-refractivity contribution in [3.63, 3.8) is 0 Å². The smallest absolute Gasteiger partial charge is 0.342 e. The van der Waals surface area contributed by atoms with Crippen LogP contribution in [0.15, 0.2) is 29.8 Å². The van der Waals surface area contributed by atoms with E-state index in [4.69, 9.17) is 4.74 Å². The number of ether oxygens (including phenoxy) is 1. The van der Waals surface area contributed by atoms with Crippen molar-refractivity contribution in [2.75, 3.05) is 0 Å². The minimum atomic E-state index is -0.660. The van der Waals surface area contributed by atoms with Gasteiger partial charge in [0.25, 0.3) is 0 Å². The zero-order valence-electron chi connectivity index (χ0n) is 11.4. The van der Waals surface area contributed by atoms with Crippen LogP contribution in [-0.4, -0.2) is 17.9 Å². The Morgan fingerprint density at radius 2 is 1.90 bits per heavy atom. The Hall–Kier alpha value is -1.97. The van der Waals surface area contributed by atoms with Crippen LogP contribution in [0.3, 0.4) is 0 Å². The molecule has 2 rings (SSSR count). The zero-order chi connectivity index (χ0) is 14.5. The van der Waals surface area contributed by atoms with Crippen LogP contribution in [0.4, 0.5) is 4.39 Å². The molecule has 0 N–H and O–H groups in total. The summed E-state index contributed by atoms with van der Waals surface area (Å²) in [7, 11) is 0. The predicted molar refractivity (Wildman–Crippen MR) is 73.4 cm³/mol. The number of esters is 1. The van der Waals surface area contributed by atoms with E-state index >= 15 is 0 Å². The van der Waals surface area contributed by atoms with E-state index in [2.05, 4.69) is 0 Å². The summed E-state index contributed by atoms with van der Waals surface area (Å²) in [6, 6.07) is 6.00. The maximum absolute atomic E-state index is 13.6. The van der Waals surface area contributed by atoms with Gasteiger partial charge in [0.15, 0.2) is 5.78 Å². The largest absolute Gasteiger partial charge is 0.459 e. The Bertz CT molecular complexity index is 542. The summed E-state index contributed by atoms with van der Waals surface area (Å²) in [5.74, 6) is -1.55. The molecule has 1 aliphatic rings. The van der Waals surface area contributed by atoms with E-state index in [9.17, 15) is 14.0 Å². The lowest BCUT2D eigenvalue weighted by molar-refractivity contribution is -0.144. The molecule has 0 heterocycles. The van der Waals surface area contributed by atoms with Crippen molar-refractivity contribution >= 4 is 17.8 Å². The van der Waals surface area contributed by atoms with Crippen LogP contribution in [0.2, 0.25) is 0 Å². The number of halogens is 1. The quantitative estimate of drug-likeness (QED) is 0.367. The van der Waals surface area contributed by atoms with Gasteiger partial charge in [-0.25, -0.2) is 9.18 Å². The maximum atomic E-state index is 13.6. The van der Waals surface area contributed by atoms with E-state index in [-0.39, 0.29) is 17.2 Å². The number of Topliss-reactive ketones (excluding diaryl/α,β-unsaturated/α-hetero) is 1. The van der Waals surface area contributed by atoms with Crippen LogP contribution >= 0.6 is 0 Å². The molecule has 3 nitrogen and oxygen atoms in total. The Labute approximate surface area is 117 Å². The van der Waals surface area contributed by atoms with Crippen molar-refractivity contribution in [1.82, 2.24) is 0 Å². The lowest BCUT2D eigenvalue weighted by Gasteiger charge is -2.12. The fraction of sp³-hybridized carbons (Fsp3) is 0.375. The van der Waals surface area contributed by atoms with Gasteiger partial charge in [0, 0.05) is 5.56 Å². The molecule has 1 aromatic carbocycles. The lowest BCUT2D eigenvalue weighted by atomic mass is 10.1. The molecule has 0 radical (unpaired) electrons. The Morgan fingerprint density at radius 1 is 1.25 bits per heavy atom. The Kier molecular flexibility index (Phi) is 4.66. The fourth-order valence-corrected chi connectivity index (χ4v) is 2.27. The van der Waals surface area contributed by atoms with Crippen molar-refractivity contribution in [1.29, 1.82) is 0 Å². The molecule has 1 aromatic rings. The molecule has 1 fully saturated rings. The molecule has 0 amide bonds. The van der Waals surface area contributed by atoms with E-state index in [0.717, 1.165) is 25.7 Å². The molecular formula is C16H17FO3. The number of hydrogen-bond acceptors (Lipinski definition) is 3. The van der Waals surface area contributed by atoms with Gasteiger partial charge in [-0.05, 0) is 44.7 Å². The number of rotatable bonds is 4. The SMILES string of the molecule is CC(=O)/C(=C\c1ccccc1F)C(=O)OC1CCCC1. The van der Waals surface area contributed by atoms with Gasteiger partial charge in [0.2, 0.25) is 0 Å². The molecule has 0 saturated heterocycles. The van der Waals surface area contributed by atoms with Gasteiger partial charge in [-0.1, -0.05) is 18.2 Å². The highest BCUT2D eigenvalue weighted by molar-refractivity contribution is 6.19. The first-order valence-corrected chi connectivity index (χ1v) is 6.76. The standard InChI is InChI=1S/C16H17FO3/c1-11(18)14(10-12-6-2-5-9-15(12)17)16(19)20-13-7-3-4-8-13/h2,5-6,9-10,13H,3-4,7-8H2,1H3/b14-10+. The van der Waals surface area contributed by atoms with Crippen LogP contribution in [0.25, 0.3) is 6.08 Å². The topological polar surface area (TPSA) is 43.4 Å². The molecule has 0 bridgehead atoms. The lowest BCUT2D eigenvalue weighted by Crippen LogP contribution is -2.19. The summed E-state index contributed by atoms with van der Waals surface area (Å²) in [5, 5.41) is 0. The molecule has 1 saturated carbocycles. The molecule has 106 valence electrons. The second-order valence-electron chi connectivity index (χ2n) is 4.95. The number of carbonyl (C=O) groups is 2. The summed E-state index contributed by atoms with van der Waals surface area (Å²) < 4.78 is 18.9. The van der Waals surface area contributed by atoms with E-state index in [1.54, 1.807) is 12.1 Å². The van der Waals surface area contributed by atoms with E-state index in [1.807, 2.05) is 0 Å². The molecule has 0 spiro atoms. The third-order valence-corrected chi connectivity index (χ3v) is 3.38. The molecule has 0 aliphatic heterocycles.